The maximum atomic E-state index is 13.3. The highest BCUT2D eigenvalue weighted by atomic mass is 35.5. The fraction of sp³-hybridized carbons (Fsp3) is 0.200. The van der Waals surface area contributed by atoms with Gasteiger partial charge in [0.05, 0.1) is 0 Å². The number of hydrogen-bond donors (Lipinski definition) is 1. The molecule has 0 saturated heterocycles. The molecule has 0 aromatic heterocycles. The summed E-state index contributed by atoms with van der Waals surface area (Å²) in [6, 6.07) is 8.75. The third-order valence-electron chi connectivity index (χ3n) is 3.02. The number of benzene rings is 2. The minimum Gasteiger partial charge on any atom is -0.324 e. The molecule has 4 heteroatoms. The second kappa shape index (κ2) is 5.68. The molecule has 2 rings (SSSR count). The Balaban J connectivity index is 2.25. The Hall–Kier alpha value is -1.45. The maximum absolute atomic E-state index is 13.3. The van der Waals surface area contributed by atoms with Gasteiger partial charge in [-0.25, -0.2) is 8.78 Å². The molecule has 0 radical (unpaired) electrons. The molecule has 0 heterocycles. The number of aryl methyl sites for hydroxylation is 1. The molecular weight excluding hydrogens is 268 g/mol. The van der Waals surface area contributed by atoms with Crippen molar-refractivity contribution in [3.8, 4) is 0 Å². The monoisotopic (exact) mass is 281 g/mol. The van der Waals surface area contributed by atoms with Gasteiger partial charge in [0.15, 0.2) is 0 Å². The van der Waals surface area contributed by atoms with Gasteiger partial charge >= 0.3 is 0 Å². The van der Waals surface area contributed by atoms with Gasteiger partial charge in [0, 0.05) is 11.1 Å². The van der Waals surface area contributed by atoms with Gasteiger partial charge < -0.3 is 5.73 Å². The maximum Gasteiger partial charge on any atom is 0.127 e. The summed E-state index contributed by atoms with van der Waals surface area (Å²) in [6.45, 7) is 1.66. The number of halogens is 3. The molecule has 1 nitrogen and oxygen atoms in total. The summed E-state index contributed by atoms with van der Waals surface area (Å²) in [5, 5.41) is 0.298. The zero-order chi connectivity index (χ0) is 14.0. The van der Waals surface area contributed by atoms with Gasteiger partial charge in [-0.05, 0) is 48.2 Å². The molecule has 0 fully saturated rings. The summed E-state index contributed by atoms with van der Waals surface area (Å²) in [5.41, 5.74) is 8.02. The third kappa shape index (κ3) is 3.31. The van der Waals surface area contributed by atoms with Crippen molar-refractivity contribution in [2.45, 2.75) is 19.4 Å². The van der Waals surface area contributed by atoms with Crippen LogP contribution >= 0.6 is 11.6 Å². The topological polar surface area (TPSA) is 26.0 Å². The molecule has 0 aliphatic heterocycles. The fourth-order valence-electron chi connectivity index (χ4n) is 1.99. The van der Waals surface area contributed by atoms with Crippen molar-refractivity contribution in [3.63, 3.8) is 0 Å². The predicted octanol–water partition coefficient (Wildman–Crippen LogP) is 4.17. The lowest BCUT2D eigenvalue weighted by atomic mass is 9.98. The molecule has 2 N–H and O–H groups in total. The van der Waals surface area contributed by atoms with Gasteiger partial charge in [-0.2, -0.15) is 0 Å². The van der Waals surface area contributed by atoms with E-state index in [4.69, 9.17) is 17.3 Å². The van der Waals surface area contributed by atoms with E-state index < -0.39 is 6.04 Å². The highest BCUT2D eigenvalue weighted by Gasteiger charge is 2.13. The molecule has 19 heavy (non-hydrogen) atoms. The number of hydrogen-bond acceptors (Lipinski definition) is 1. The molecule has 100 valence electrons. The Morgan fingerprint density at radius 2 is 1.95 bits per heavy atom. The van der Waals surface area contributed by atoms with Crippen molar-refractivity contribution in [3.05, 3.63) is 69.7 Å². The molecule has 0 aliphatic carbocycles. The van der Waals surface area contributed by atoms with E-state index >= 15 is 0 Å². The van der Waals surface area contributed by atoms with Crippen LogP contribution < -0.4 is 5.73 Å². The third-order valence-corrected chi connectivity index (χ3v) is 3.35. The van der Waals surface area contributed by atoms with Crippen LogP contribution in [-0.4, -0.2) is 0 Å². The van der Waals surface area contributed by atoms with E-state index in [1.807, 2.05) is 0 Å². The first-order chi connectivity index (χ1) is 8.97. The highest BCUT2D eigenvalue weighted by molar-refractivity contribution is 6.31. The Kier molecular flexibility index (Phi) is 4.17. The molecule has 0 saturated carbocycles. The summed E-state index contributed by atoms with van der Waals surface area (Å²) in [5.74, 6) is -0.655. The minimum atomic E-state index is -0.395. The highest BCUT2D eigenvalue weighted by Crippen LogP contribution is 2.27. The smallest absolute Gasteiger partial charge is 0.127 e. The van der Waals surface area contributed by atoms with Crippen LogP contribution in [0.2, 0.25) is 5.02 Å². The van der Waals surface area contributed by atoms with Crippen LogP contribution in [-0.2, 0) is 6.42 Å². The van der Waals surface area contributed by atoms with Crippen LogP contribution in [0.3, 0.4) is 0 Å². The van der Waals surface area contributed by atoms with E-state index in [-0.39, 0.29) is 11.6 Å². The number of nitrogens with two attached hydrogens (primary N) is 1. The number of rotatable bonds is 3. The molecular formula is C15H14ClF2N. The zero-order valence-electron chi connectivity index (χ0n) is 10.5. The standard InChI is InChI=1S/C15H14ClF2N/c1-9-5-12(13(16)8-14(9)18)15(19)7-10-3-2-4-11(17)6-10/h2-6,8,15H,7,19H2,1H3. The largest absolute Gasteiger partial charge is 0.324 e. The van der Waals surface area contributed by atoms with Crippen LogP contribution in [0.25, 0.3) is 0 Å². The molecule has 0 aliphatic rings. The normalized spacial score (nSPS) is 12.5. The van der Waals surface area contributed by atoms with Crippen LogP contribution in [0.1, 0.15) is 22.7 Å². The lowest BCUT2D eigenvalue weighted by molar-refractivity contribution is 0.613. The van der Waals surface area contributed by atoms with Crippen molar-refractivity contribution in [2.75, 3.05) is 0 Å². The summed E-state index contributed by atoms with van der Waals surface area (Å²) >= 11 is 6.00. The van der Waals surface area contributed by atoms with Crippen LogP contribution in [0, 0.1) is 18.6 Å². The van der Waals surface area contributed by atoms with E-state index in [9.17, 15) is 8.78 Å². The summed E-state index contributed by atoms with van der Waals surface area (Å²) in [6.07, 6.45) is 0.447. The van der Waals surface area contributed by atoms with E-state index in [0.717, 1.165) is 5.56 Å². The van der Waals surface area contributed by atoms with Crippen LogP contribution in [0.5, 0.6) is 0 Å². The molecule has 2 aromatic carbocycles. The molecule has 2 aromatic rings. The first kappa shape index (κ1) is 14.0. The lowest BCUT2D eigenvalue weighted by Gasteiger charge is -2.15. The van der Waals surface area contributed by atoms with Crippen molar-refractivity contribution >= 4 is 11.6 Å². The Bertz CT molecular complexity index is 599. The summed E-state index contributed by atoms with van der Waals surface area (Å²) < 4.78 is 26.4. The SMILES string of the molecule is Cc1cc(C(N)Cc2cccc(F)c2)c(Cl)cc1F. The second-order valence-electron chi connectivity index (χ2n) is 4.56. The van der Waals surface area contributed by atoms with Crippen molar-refractivity contribution in [1.82, 2.24) is 0 Å². The quantitative estimate of drug-likeness (QED) is 0.898. The Labute approximate surface area is 116 Å². The Morgan fingerprint density at radius 3 is 2.63 bits per heavy atom. The van der Waals surface area contributed by atoms with Crippen molar-refractivity contribution in [2.24, 2.45) is 5.73 Å². The molecule has 0 amide bonds. The fourth-order valence-corrected chi connectivity index (χ4v) is 2.28. The van der Waals surface area contributed by atoms with E-state index in [2.05, 4.69) is 0 Å². The first-order valence-corrected chi connectivity index (χ1v) is 6.30. The molecule has 0 bridgehead atoms. The summed E-state index contributed by atoms with van der Waals surface area (Å²) in [7, 11) is 0. The van der Waals surface area contributed by atoms with Crippen molar-refractivity contribution < 1.29 is 8.78 Å². The zero-order valence-corrected chi connectivity index (χ0v) is 11.2. The van der Waals surface area contributed by atoms with Gasteiger partial charge in [-0.3, -0.25) is 0 Å². The average molecular weight is 282 g/mol. The van der Waals surface area contributed by atoms with Crippen molar-refractivity contribution in [1.29, 1.82) is 0 Å². The predicted molar refractivity (Wildman–Crippen MR) is 73.2 cm³/mol. The van der Waals surface area contributed by atoms with E-state index in [1.165, 1.54) is 18.2 Å². The van der Waals surface area contributed by atoms with Gasteiger partial charge in [0.2, 0.25) is 0 Å². The average Bonchev–Trinajstić information content (AvgIpc) is 2.33. The van der Waals surface area contributed by atoms with E-state index in [0.29, 0.717) is 22.6 Å². The van der Waals surface area contributed by atoms with Gasteiger partial charge in [0.25, 0.3) is 0 Å². The minimum absolute atomic E-state index is 0.298. The summed E-state index contributed by atoms with van der Waals surface area (Å²) in [4.78, 5) is 0. The second-order valence-corrected chi connectivity index (χ2v) is 4.97. The van der Waals surface area contributed by atoms with Crippen LogP contribution in [0.4, 0.5) is 8.78 Å². The van der Waals surface area contributed by atoms with Gasteiger partial charge in [-0.1, -0.05) is 29.8 Å². The van der Waals surface area contributed by atoms with Gasteiger partial charge in [0.1, 0.15) is 11.6 Å². The molecule has 1 atom stereocenters. The van der Waals surface area contributed by atoms with Gasteiger partial charge in [-0.15, -0.1) is 0 Å². The van der Waals surface area contributed by atoms with E-state index in [1.54, 1.807) is 25.1 Å². The first-order valence-electron chi connectivity index (χ1n) is 5.93. The Morgan fingerprint density at radius 1 is 1.21 bits per heavy atom. The molecule has 0 spiro atoms. The van der Waals surface area contributed by atoms with Crippen LogP contribution in [0.15, 0.2) is 36.4 Å². The lowest BCUT2D eigenvalue weighted by Crippen LogP contribution is -2.14. The molecule has 1 unspecified atom stereocenters.